The average molecular weight is 345 g/mol. The van der Waals surface area contributed by atoms with E-state index in [1.165, 1.54) is 11.3 Å². The number of hydrogen-bond donors (Lipinski definition) is 1. The van der Waals surface area contributed by atoms with E-state index in [0.29, 0.717) is 5.69 Å². The summed E-state index contributed by atoms with van der Waals surface area (Å²) in [5.74, 6) is 1.79. The summed E-state index contributed by atoms with van der Waals surface area (Å²) in [7, 11) is 0. The van der Waals surface area contributed by atoms with Crippen LogP contribution in [0, 0.1) is 6.92 Å². The second-order valence-corrected chi connectivity index (χ2v) is 7.17. The Balaban J connectivity index is 1.46. The highest BCUT2D eigenvalue weighted by molar-refractivity contribution is 7.14. The summed E-state index contributed by atoms with van der Waals surface area (Å²) < 4.78 is 2.08. The molecule has 1 aliphatic heterocycles. The van der Waals surface area contributed by atoms with Gasteiger partial charge < -0.3 is 9.88 Å². The minimum atomic E-state index is -0.109. The molecule has 0 bridgehead atoms. The molecule has 4 rings (SSSR count). The SMILES string of the molecule is Cc1nnc2n1C[C@@H](NC(=O)c1csc(-c3ccsc3)n1)CC2. The molecule has 8 heteroatoms. The largest absolute Gasteiger partial charge is 0.346 e. The molecule has 1 aliphatic rings. The topological polar surface area (TPSA) is 72.7 Å². The van der Waals surface area contributed by atoms with Crippen LogP contribution in [0.4, 0.5) is 0 Å². The first-order chi connectivity index (χ1) is 11.2. The lowest BCUT2D eigenvalue weighted by Gasteiger charge is -2.24. The van der Waals surface area contributed by atoms with Crippen molar-refractivity contribution in [1.82, 2.24) is 25.1 Å². The Morgan fingerprint density at radius 3 is 3.13 bits per heavy atom. The molecule has 3 aromatic heterocycles. The molecule has 4 heterocycles. The highest BCUT2D eigenvalue weighted by Gasteiger charge is 2.24. The summed E-state index contributed by atoms with van der Waals surface area (Å²) in [4.78, 5) is 16.9. The second kappa shape index (κ2) is 5.86. The third-order valence-corrected chi connectivity index (χ3v) is 5.55. The van der Waals surface area contributed by atoms with Crippen molar-refractivity contribution in [3.05, 3.63) is 39.5 Å². The number of nitrogens with zero attached hydrogens (tertiary/aromatic N) is 4. The number of thiophene rings is 1. The van der Waals surface area contributed by atoms with Gasteiger partial charge in [-0.1, -0.05) is 0 Å². The first-order valence-corrected chi connectivity index (χ1v) is 9.20. The van der Waals surface area contributed by atoms with E-state index in [4.69, 9.17) is 0 Å². The maximum Gasteiger partial charge on any atom is 0.271 e. The normalized spacial score (nSPS) is 17.0. The van der Waals surface area contributed by atoms with E-state index >= 15 is 0 Å². The molecule has 0 unspecified atom stereocenters. The number of amides is 1. The predicted octanol–water partition coefficient (Wildman–Crippen LogP) is 2.52. The van der Waals surface area contributed by atoms with E-state index < -0.39 is 0 Å². The number of hydrogen-bond acceptors (Lipinski definition) is 6. The molecule has 23 heavy (non-hydrogen) atoms. The standard InChI is InChI=1S/C15H15N5OS2/c1-9-18-19-13-3-2-11(6-20(9)13)16-14(21)12-8-23-15(17-12)10-4-5-22-7-10/h4-5,7-8,11H,2-3,6H2,1H3,(H,16,21)/t11-/m0/s1. The number of carbonyl (C=O) groups excluding carboxylic acids is 1. The lowest BCUT2D eigenvalue weighted by Crippen LogP contribution is -2.41. The van der Waals surface area contributed by atoms with Crippen molar-refractivity contribution in [2.75, 3.05) is 0 Å². The Bertz CT molecular complexity index is 836. The number of thiazole rings is 1. The Labute approximate surface area is 141 Å². The van der Waals surface area contributed by atoms with E-state index in [9.17, 15) is 4.79 Å². The number of fused-ring (bicyclic) bond motifs is 1. The summed E-state index contributed by atoms with van der Waals surface area (Å²) in [5, 5.41) is 18.1. The first kappa shape index (κ1) is 14.5. The van der Waals surface area contributed by atoms with Gasteiger partial charge in [0.2, 0.25) is 0 Å². The summed E-state index contributed by atoms with van der Waals surface area (Å²) in [6.45, 7) is 2.66. The third-order valence-electron chi connectivity index (χ3n) is 3.97. The van der Waals surface area contributed by atoms with Crippen molar-refractivity contribution in [3.8, 4) is 10.6 Å². The molecule has 3 aromatic rings. The van der Waals surface area contributed by atoms with Crippen molar-refractivity contribution in [3.63, 3.8) is 0 Å². The fourth-order valence-corrected chi connectivity index (χ4v) is 4.25. The number of aromatic nitrogens is 4. The fraction of sp³-hybridized carbons (Fsp3) is 0.333. The van der Waals surface area contributed by atoms with Crippen molar-refractivity contribution in [1.29, 1.82) is 0 Å². The van der Waals surface area contributed by atoms with Crippen molar-refractivity contribution < 1.29 is 4.79 Å². The van der Waals surface area contributed by atoms with Gasteiger partial charge in [-0.05, 0) is 24.8 Å². The van der Waals surface area contributed by atoms with Gasteiger partial charge in [-0.25, -0.2) is 4.98 Å². The quantitative estimate of drug-likeness (QED) is 0.792. The average Bonchev–Trinajstić information content (AvgIpc) is 3.27. The van der Waals surface area contributed by atoms with Crippen molar-refractivity contribution >= 4 is 28.6 Å². The van der Waals surface area contributed by atoms with E-state index in [-0.39, 0.29) is 11.9 Å². The second-order valence-electron chi connectivity index (χ2n) is 5.53. The summed E-state index contributed by atoms with van der Waals surface area (Å²) in [5.41, 5.74) is 1.56. The smallest absolute Gasteiger partial charge is 0.271 e. The molecule has 0 spiro atoms. The van der Waals surface area contributed by atoms with Gasteiger partial charge in [-0.2, -0.15) is 11.3 Å². The fourth-order valence-electron chi connectivity index (χ4n) is 2.74. The highest BCUT2D eigenvalue weighted by atomic mass is 32.1. The summed E-state index contributed by atoms with van der Waals surface area (Å²) >= 11 is 3.13. The molecule has 0 aliphatic carbocycles. The van der Waals surface area contributed by atoms with Gasteiger partial charge in [0.1, 0.15) is 22.4 Å². The van der Waals surface area contributed by atoms with Gasteiger partial charge in [-0.3, -0.25) is 4.79 Å². The number of rotatable bonds is 3. The molecule has 6 nitrogen and oxygen atoms in total. The Hall–Kier alpha value is -2.06. The Kier molecular flexibility index (Phi) is 3.70. The number of aryl methyl sites for hydroxylation is 2. The van der Waals surface area contributed by atoms with Crippen LogP contribution in [-0.2, 0) is 13.0 Å². The van der Waals surface area contributed by atoms with E-state index in [1.807, 2.05) is 29.1 Å². The van der Waals surface area contributed by atoms with Gasteiger partial charge in [0, 0.05) is 35.3 Å². The van der Waals surface area contributed by atoms with Crippen LogP contribution >= 0.6 is 22.7 Å². The van der Waals surface area contributed by atoms with Crippen LogP contribution in [0.1, 0.15) is 28.6 Å². The maximum atomic E-state index is 12.4. The molecule has 0 fully saturated rings. The Morgan fingerprint density at radius 1 is 1.39 bits per heavy atom. The Morgan fingerprint density at radius 2 is 2.30 bits per heavy atom. The lowest BCUT2D eigenvalue weighted by atomic mass is 10.1. The lowest BCUT2D eigenvalue weighted by molar-refractivity contribution is 0.0923. The zero-order chi connectivity index (χ0) is 15.8. The minimum absolute atomic E-state index is 0.0935. The first-order valence-electron chi connectivity index (χ1n) is 7.38. The van der Waals surface area contributed by atoms with Crippen LogP contribution in [0.15, 0.2) is 22.2 Å². The van der Waals surface area contributed by atoms with Crippen LogP contribution in [-0.4, -0.2) is 31.7 Å². The molecule has 1 atom stereocenters. The van der Waals surface area contributed by atoms with Crippen molar-refractivity contribution in [2.24, 2.45) is 0 Å². The monoisotopic (exact) mass is 345 g/mol. The molecule has 1 N–H and O–H groups in total. The molecule has 0 aromatic carbocycles. The number of nitrogens with one attached hydrogen (secondary N) is 1. The van der Waals surface area contributed by atoms with Crippen LogP contribution in [0.5, 0.6) is 0 Å². The summed E-state index contributed by atoms with van der Waals surface area (Å²) in [6.07, 6.45) is 1.72. The van der Waals surface area contributed by atoms with Crippen LogP contribution in [0.2, 0.25) is 0 Å². The molecular formula is C15H15N5OS2. The molecule has 0 saturated heterocycles. The van der Waals surface area contributed by atoms with E-state index in [0.717, 1.165) is 41.6 Å². The molecular weight excluding hydrogens is 330 g/mol. The predicted molar refractivity (Wildman–Crippen MR) is 89.8 cm³/mol. The van der Waals surface area contributed by atoms with Gasteiger partial charge in [0.15, 0.2) is 0 Å². The van der Waals surface area contributed by atoms with E-state index in [1.54, 1.807) is 11.3 Å². The molecule has 1 amide bonds. The van der Waals surface area contributed by atoms with Gasteiger partial charge in [-0.15, -0.1) is 21.5 Å². The number of carbonyl (C=O) groups is 1. The van der Waals surface area contributed by atoms with Crippen LogP contribution in [0.3, 0.4) is 0 Å². The zero-order valence-electron chi connectivity index (χ0n) is 12.5. The van der Waals surface area contributed by atoms with E-state index in [2.05, 4.69) is 25.1 Å². The van der Waals surface area contributed by atoms with Gasteiger partial charge in [0.05, 0.1) is 0 Å². The van der Waals surface area contributed by atoms with Gasteiger partial charge >= 0.3 is 0 Å². The maximum absolute atomic E-state index is 12.4. The van der Waals surface area contributed by atoms with Gasteiger partial charge in [0.25, 0.3) is 5.91 Å². The zero-order valence-corrected chi connectivity index (χ0v) is 14.2. The molecule has 118 valence electrons. The highest BCUT2D eigenvalue weighted by Crippen LogP contribution is 2.25. The minimum Gasteiger partial charge on any atom is -0.346 e. The van der Waals surface area contributed by atoms with Crippen molar-refractivity contribution in [2.45, 2.75) is 32.4 Å². The van der Waals surface area contributed by atoms with Crippen LogP contribution in [0.25, 0.3) is 10.6 Å². The third kappa shape index (κ3) is 2.79. The molecule has 0 radical (unpaired) electrons. The summed E-state index contributed by atoms with van der Waals surface area (Å²) in [6, 6.07) is 2.11. The van der Waals surface area contributed by atoms with Crippen LogP contribution < -0.4 is 5.32 Å². The molecule has 0 saturated carbocycles.